The molecule has 0 saturated carbocycles. The molecule has 4 rings (SSSR count). The maximum atomic E-state index is 2.32. The minimum Gasteiger partial charge on any atom is -0.198 e. The van der Waals surface area contributed by atoms with Gasteiger partial charge in [-0.15, -0.1) is 0 Å². The van der Waals surface area contributed by atoms with Crippen LogP contribution in [0.15, 0.2) is 84.9 Å². The van der Waals surface area contributed by atoms with E-state index in [-0.39, 0.29) is 0 Å². The highest BCUT2D eigenvalue weighted by atomic mass is 14.9. The zero-order valence-electron chi connectivity index (χ0n) is 14.7. The topological polar surface area (TPSA) is 3.88 Å². The fourth-order valence-electron chi connectivity index (χ4n) is 3.51. The van der Waals surface area contributed by atoms with Crippen LogP contribution in [0.1, 0.15) is 16.8 Å². The molecule has 0 atom stereocenters. The largest absolute Gasteiger partial charge is 0.213 e. The van der Waals surface area contributed by atoms with Crippen molar-refractivity contribution in [1.29, 1.82) is 0 Å². The molecule has 0 saturated heterocycles. The van der Waals surface area contributed by atoms with Gasteiger partial charge in [0, 0.05) is 23.9 Å². The average molecular weight is 324 g/mol. The van der Waals surface area contributed by atoms with Gasteiger partial charge in [-0.3, -0.25) is 0 Å². The van der Waals surface area contributed by atoms with Crippen LogP contribution in [0, 0.1) is 6.92 Å². The number of benzene rings is 3. The van der Waals surface area contributed by atoms with Crippen LogP contribution in [-0.4, -0.2) is 0 Å². The number of nitrogens with zero attached hydrogens (tertiary/aromatic N) is 1. The Morgan fingerprint density at radius 1 is 0.720 bits per heavy atom. The summed E-state index contributed by atoms with van der Waals surface area (Å²) in [5.41, 5.74) is 6.51. The van der Waals surface area contributed by atoms with E-state index in [9.17, 15) is 0 Å². The normalized spacial score (nSPS) is 11.0. The molecule has 0 amide bonds. The Hall–Kier alpha value is -2.93. The highest BCUT2D eigenvalue weighted by Crippen LogP contribution is 2.24. The van der Waals surface area contributed by atoms with Crippen LogP contribution < -0.4 is 4.57 Å². The number of hydrogen-bond acceptors (Lipinski definition) is 0. The second kappa shape index (κ2) is 6.52. The zero-order chi connectivity index (χ0) is 17.2. The van der Waals surface area contributed by atoms with Crippen LogP contribution >= 0.6 is 0 Å². The number of aromatic nitrogens is 1. The van der Waals surface area contributed by atoms with Crippen LogP contribution in [0.25, 0.3) is 22.0 Å². The fraction of sp³-hybridized carbons (Fsp3) is 0.125. The molecule has 0 aliphatic carbocycles. The average Bonchev–Trinajstić information content (AvgIpc) is 2.66. The highest BCUT2D eigenvalue weighted by Gasteiger charge is 2.16. The van der Waals surface area contributed by atoms with Crippen molar-refractivity contribution < 1.29 is 4.57 Å². The van der Waals surface area contributed by atoms with Gasteiger partial charge in [0.1, 0.15) is 7.05 Å². The van der Waals surface area contributed by atoms with Crippen molar-refractivity contribution in [3.63, 3.8) is 0 Å². The lowest BCUT2D eigenvalue weighted by Crippen LogP contribution is -2.34. The molecule has 1 aromatic heterocycles. The summed E-state index contributed by atoms with van der Waals surface area (Å²) in [6, 6.07) is 30.4. The minimum absolute atomic E-state index is 0.963. The van der Waals surface area contributed by atoms with E-state index >= 15 is 0 Å². The lowest BCUT2D eigenvalue weighted by molar-refractivity contribution is -0.665. The van der Waals surface area contributed by atoms with Gasteiger partial charge in [0.15, 0.2) is 5.69 Å². The monoisotopic (exact) mass is 324 g/mol. The van der Waals surface area contributed by atoms with E-state index in [2.05, 4.69) is 103 Å². The van der Waals surface area contributed by atoms with Crippen LogP contribution in [0.5, 0.6) is 0 Å². The van der Waals surface area contributed by atoms with Gasteiger partial charge in [0.05, 0.1) is 0 Å². The number of aryl methyl sites for hydroxylation is 1. The van der Waals surface area contributed by atoms with Crippen LogP contribution in [0.2, 0.25) is 0 Å². The van der Waals surface area contributed by atoms with Crippen LogP contribution in [0.3, 0.4) is 0 Å². The van der Waals surface area contributed by atoms with Crippen LogP contribution in [-0.2, 0) is 13.5 Å². The van der Waals surface area contributed by atoms with Crippen molar-refractivity contribution in [3.8, 4) is 11.3 Å². The third-order valence-corrected chi connectivity index (χ3v) is 4.98. The molecule has 0 spiro atoms. The first kappa shape index (κ1) is 15.6. The summed E-state index contributed by atoms with van der Waals surface area (Å²) in [5, 5.41) is 2.61. The molecular weight excluding hydrogens is 302 g/mol. The summed E-state index contributed by atoms with van der Waals surface area (Å²) in [4.78, 5) is 0. The van der Waals surface area contributed by atoms with E-state index in [1.165, 1.54) is 38.9 Å². The van der Waals surface area contributed by atoms with E-state index in [1.54, 1.807) is 0 Å². The molecular formula is C24H22N+. The molecule has 0 fully saturated rings. The Labute approximate surface area is 149 Å². The molecule has 0 radical (unpaired) electrons. The first-order valence-corrected chi connectivity index (χ1v) is 8.74. The van der Waals surface area contributed by atoms with Crippen molar-refractivity contribution in [2.24, 2.45) is 7.05 Å². The second-order valence-electron chi connectivity index (χ2n) is 6.62. The Balaban J connectivity index is 1.79. The summed E-state index contributed by atoms with van der Waals surface area (Å²) < 4.78 is 2.30. The molecule has 4 aromatic rings. The number of rotatable bonds is 3. The van der Waals surface area contributed by atoms with Gasteiger partial charge < -0.3 is 0 Å². The molecule has 1 nitrogen and oxygen atoms in total. The smallest absolute Gasteiger partial charge is 0.198 e. The fourth-order valence-corrected chi connectivity index (χ4v) is 3.51. The van der Waals surface area contributed by atoms with Gasteiger partial charge in [-0.25, -0.2) is 0 Å². The summed E-state index contributed by atoms with van der Waals surface area (Å²) in [5.74, 6) is 0. The third kappa shape index (κ3) is 3.06. The maximum absolute atomic E-state index is 2.32. The van der Waals surface area contributed by atoms with E-state index in [0.717, 1.165) is 6.42 Å². The van der Waals surface area contributed by atoms with Crippen molar-refractivity contribution >= 4 is 10.8 Å². The van der Waals surface area contributed by atoms with Gasteiger partial charge in [0.25, 0.3) is 0 Å². The van der Waals surface area contributed by atoms with Crippen molar-refractivity contribution in [3.05, 3.63) is 102 Å². The van der Waals surface area contributed by atoms with Gasteiger partial charge in [0.2, 0.25) is 5.69 Å². The Morgan fingerprint density at radius 3 is 2.28 bits per heavy atom. The van der Waals surface area contributed by atoms with Gasteiger partial charge in [-0.05, 0) is 41.1 Å². The molecule has 25 heavy (non-hydrogen) atoms. The maximum Gasteiger partial charge on any atom is 0.213 e. The first-order valence-electron chi connectivity index (χ1n) is 8.74. The predicted octanol–water partition coefficient (Wildman–Crippen LogP) is 5.23. The highest BCUT2D eigenvalue weighted by molar-refractivity contribution is 5.86. The molecule has 122 valence electrons. The molecule has 0 aliphatic rings. The molecule has 1 heterocycles. The second-order valence-corrected chi connectivity index (χ2v) is 6.62. The lowest BCUT2D eigenvalue weighted by atomic mass is 9.99. The Kier molecular flexibility index (Phi) is 4.07. The zero-order valence-corrected chi connectivity index (χ0v) is 14.7. The van der Waals surface area contributed by atoms with Crippen molar-refractivity contribution in [2.75, 3.05) is 0 Å². The van der Waals surface area contributed by atoms with E-state index in [4.69, 9.17) is 0 Å². The molecule has 1 heteroatoms. The third-order valence-electron chi connectivity index (χ3n) is 4.98. The number of pyridine rings is 1. The van der Waals surface area contributed by atoms with E-state index < -0.39 is 0 Å². The van der Waals surface area contributed by atoms with Crippen LogP contribution in [0.4, 0.5) is 0 Å². The Bertz CT molecular complexity index is 1030. The molecule has 0 unspecified atom stereocenters. The van der Waals surface area contributed by atoms with E-state index in [1.807, 2.05) is 0 Å². The predicted molar refractivity (Wildman–Crippen MR) is 105 cm³/mol. The van der Waals surface area contributed by atoms with Crippen molar-refractivity contribution in [1.82, 2.24) is 0 Å². The number of hydrogen-bond donors (Lipinski definition) is 0. The van der Waals surface area contributed by atoms with Gasteiger partial charge in [-0.1, -0.05) is 60.7 Å². The summed E-state index contributed by atoms with van der Waals surface area (Å²) in [6.45, 7) is 2.19. The summed E-state index contributed by atoms with van der Waals surface area (Å²) in [7, 11) is 2.15. The minimum atomic E-state index is 0.963. The molecule has 0 N–H and O–H groups in total. The SMILES string of the molecule is Cc1c2ccccc2cc(-c2cccc(Cc3ccccc3)c2)[n+]1C. The van der Waals surface area contributed by atoms with E-state index in [0.29, 0.717) is 0 Å². The standard InChI is InChI=1S/C24H22N/c1-18-23-14-7-6-12-21(23)17-24(25(18)2)22-13-8-11-20(16-22)15-19-9-4-3-5-10-19/h3-14,16-17H,15H2,1-2H3/q+1. The molecule has 0 aliphatic heterocycles. The van der Waals surface area contributed by atoms with Crippen molar-refractivity contribution in [2.45, 2.75) is 13.3 Å². The van der Waals surface area contributed by atoms with Gasteiger partial charge in [-0.2, -0.15) is 4.57 Å². The number of fused-ring (bicyclic) bond motifs is 1. The molecule has 3 aromatic carbocycles. The quantitative estimate of drug-likeness (QED) is 0.454. The first-order chi connectivity index (χ1) is 12.2. The Morgan fingerprint density at radius 2 is 1.44 bits per heavy atom. The summed E-state index contributed by atoms with van der Waals surface area (Å²) in [6.07, 6.45) is 0.963. The lowest BCUT2D eigenvalue weighted by Gasteiger charge is -2.08. The molecule has 0 bridgehead atoms. The summed E-state index contributed by atoms with van der Waals surface area (Å²) >= 11 is 0. The van der Waals surface area contributed by atoms with Gasteiger partial charge >= 0.3 is 0 Å².